The van der Waals surface area contributed by atoms with Gasteiger partial charge < -0.3 is 5.11 Å². The first-order chi connectivity index (χ1) is 12.6. The largest absolute Gasteiger partial charge is 0.377 e. The fourth-order valence-corrected chi connectivity index (χ4v) is 6.84. The van der Waals surface area contributed by atoms with Crippen molar-refractivity contribution in [1.82, 2.24) is 4.90 Å². The molecule has 2 nitrogen and oxygen atoms in total. The molecule has 2 aromatic carbocycles. The first kappa shape index (κ1) is 16.1. The number of benzene rings is 2. The Balaban J connectivity index is 1.71. The van der Waals surface area contributed by atoms with Gasteiger partial charge >= 0.3 is 0 Å². The van der Waals surface area contributed by atoms with Crippen LogP contribution in [0.25, 0.3) is 0 Å². The van der Waals surface area contributed by atoms with Crippen LogP contribution in [0.15, 0.2) is 60.7 Å². The number of terminal acetylenes is 1. The first-order valence-electron chi connectivity index (χ1n) is 9.66. The molecule has 0 aromatic heterocycles. The number of likely N-dealkylation sites (tertiary alicyclic amines) is 1. The Morgan fingerprint density at radius 2 is 1.65 bits per heavy atom. The van der Waals surface area contributed by atoms with E-state index in [0.717, 1.165) is 19.3 Å². The summed E-state index contributed by atoms with van der Waals surface area (Å²) in [4.78, 5) is 2.49. The van der Waals surface area contributed by atoms with E-state index in [4.69, 9.17) is 6.42 Å². The SMILES string of the molecule is C#CC1(O)C2CCCC23C(c2ccccc2)N(C)C(c2ccccc2)C13. The summed E-state index contributed by atoms with van der Waals surface area (Å²) < 4.78 is 0. The summed E-state index contributed by atoms with van der Waals surface area (Å²) in [6, 6.07) is 21.9. The lowest BCUT2D eigenvalue weighted by molar-refractivity contribution is -0.199. The van der Waals surface area contributed by atoms with E-state index in [0.29, 0.717) is 6.04 Å². The zero-order valence-electron chi connectivity index (χ0n) is 15.2. The minimum Gasteiger partial charge on any atom is -0.377 e. The zero-order valence-corrected chi connectivity index (χ0v) is 15.2. The molecule has 0 radical (unpaired) electrons. The molecule has 6 unspecified atom stereocenters. The molecule has 0 bridgehead atoms. The molecule has 0 amide bonds. The van der Waals surface area contributed by atoms with Gasteiger partial charge in [0.15, 0.2) is 0 Å². The van der Waals surface area contributed by atoms with Crippen molar-refractivity contribution in [2.75, 3.05) is 7.05 Å². The van der Waals surface area contributed by atoms with E-state index in [2.05, 4.69) is 78.5 Å². The maximum Gasteiger partial charge on any atom is 0.133 e. The van der Waals surface area contributed by atoms with Crippen LogP contribution in [0.5, 0.6) is 0 Å². The van der Waals surface area contributed by atoms with Crippen LogP contribution in [0.3, 0.4) is 0 Å². The van der Waals surface area contributed by atoms with Crippen molar-refractivity contribution in [2.24, 2.45) is 17.3 Å². The number of hydrogen-bond acceptors (Lipinski definition) is 2. The van der Waals surface area contributed by atoms with Gasteiger partial charge in [0.05, 0.1) is 0 Å². The topological polar surface area (TPSA) is 23.5 Å². The third kappa shape index (κ3) is 1.76. The third-order valence-electron chi connectivity index (χ3n) is 7.49. The summed E-state index contributed by atoms with van der Waals surface area (Å²) in [5.41, 5.74) is 1.70. The van der Waals surface area contributed by atoms with Gasteiger partial charge in [0.25, 0.3) is 0 Å². The molecule has 1 heterocycles. The molecule has 2 aromatic rings. The lowest BCUT2D eigenvalue weighted by atomic mass is 9.43. The van der Waals surface area contributed by atoms with E-state index in [-0.39, 0.29) is 23.3 Å². The average molecular weight is 343 g/mol. The van der Waals surface area contributed by atoms with Gasteiger partial charge in [0.1, 0.15) is 5.60 Å². The molecule has 2 saturated carbocycles. The standard InChI is InChI=1S/C24H25NO/c1-3-24(26)19-15-10-16-23(19)21(24)20(17-11-6-4-7-12-17)25(2)22(23)18-13-8-5-9-14-18/h1,4-9,11-14,19-22,26H,10,15-16H2,2H3. The monoisotopic (exact) mass is 343 g/mol. The van der Waals surface area contributed by atoms with Gasteiger partial charge in [-0.25, -0.2) is 0 Å². The normalized spacial score (nSPS) is 41.1. The number of nitrogens with zero attached hydrogens (tertiary/aromatic N) is 1. The maximum atomic E-state index is 11.5. The molecule has 3 fully saturated rings. The first-order valence-corrected chi connectivity index (χ1v) is 9.66. The van der Waals surface area contributed by atoms with Crippen molar-refractivity contribution in [3.63, 3.8) is 0 Å². The molecule has 1 N–H and O–H groups in total. The molecular formula is C24H25NO. The highest BCUT2D eigenvalue weighted by atomic mass is 16.3. The summed E-state index contributed by atoms with van der Waals surface area (Å²) >= 11 is 0. The van der Waals surface area contributed by atoms with E-state index in [1.54, 1.807) is 0 Å². The van der Waals surface area contributed by atoms with Crippen LogP contribution < -0.4 is 0 Å². The fraction of sp³-hybridized carbons (Fsp3) is 0.417. The van der Waals surface area contributed by atoms with Gasteiger partial charge in [-0.05, 0) is 31.0 Å². The smallest absolute Gasteiger partial charge is 0.133 e. The molecule has 26 heavy (non-hydrogen) atoms. The van der Waals surface area contributed by atoms with Gasteiger partial charge in [-0.15, -0.1) is 6.42 Å². The summed E-state index contributed by atoms with van der Waals surface area (Å²) in [7, 11) is 2.22. The fourth-order valence-electron chi connectivity index (χ4n) is 6.84. The lowest BCUT2D eigenvalue weighted by Gasteiger charge is -2.61. The molecule has 6 atom stereocenters. The molecule has 3 aliphatic rings. The molecule has 2 heteroatoms. The molecule has 5 rings (SSSR count). The van der Waals surface area contributed by atoms with Crippen LogP contribution >= 0.6 is 0 Å². The van der Waals surface area contributed by atoms with Crippen molar-refractivity contribution in [3.05, 3.63) is 71.8 Å². The Kier molecular flexibility index (Phi) is 3.38. The zero-order chi connectivity index (χ0) is 17.9. The lowest BCUT2D eigenvalue weighted by Crippen LogP contribution is -2.66. The summed E-state index contributed by atoms with van der Waals surface area (Å²) in [6.07, 6.45) is 9.27. The second kappa shape index (κ2) is 5.46. The summed E-state index contributed by atoms with van der Waals surface area (Å²) in [5, 5.41) is 11.5. The van der Waals surface area contributed by atoms with E-state index in [1.807, 2.05) is 0 Å². The van der Waals surface area contributed by atoms with Crippen molar-refractivity contribution in [3.8, 4) is 12.3 Å². The molecular weight excluding hydrogens is 318 g/mol. The molecule has 1 spiro atoms. The van der Waals surface area contributed by atoms with E-state index in [9.17, 15) is 5.11 Å². The van der Waals surface area contributed by atoms with Crippen LogP contribution in [0, 0.1) is 29.6 Å². The van der Waals surface area contributed by atoms with Gasteiger partial charge in [-0.2, -0.15) is 0 Å². The Bertz CT molecular complexity index is 857. The molecule has 1 aliphatic heterocycles. The average Bonchev–Trinajstić information content (AvgIpc) is 3.19. The highest BCUT2D eigenvalue weighted by molar-refractivity contribution is 5.42. The van der Waals surface area contributed by atoms with Crippen molar-refractivity contribution < 1.29 is 5.11 Å². The van der Waals surface area contributed by atoms with Crippen LogP contribution in [0.4, 0.5) is 0 Å². The second-order valence-electron chi connectivity index (χ2n) is 8.34. The van der Waals surface area contributed by atoms with E-state index >= 15 is 0 Å². The van der Waals surface area contributed by atoms with Crippen molar-refractivity contribution in [2.45, 2.75) is 36.9 Å². The van der Waals surface area contributed by atoms with Crippen molar-refractivity contribution in [1.29, 1.82) is 0 Å². The number of hydrogen-bond donors (Lipinski definition) is 1. The number of rotatable bonds is 2. The molecule has 2 aliphatic carbocycles. The quantitative estimate of drug-likeness (QED) is 0.826. The maximum absolute atomic E-state index is 11.5. The predicted molar refractivity (Wildman–Crippen MR) is 103 cm³/mol. The van der Waals surface area contributed by atoms with Crippen LogP contribution in [-0.2, 0) is 0 Å². The third-order valence-corrected chi connectivity index (χ3v) is 7.49. The van der Waals surface area contributed by atoms with Crippen LogP contribution in [0.1, 0.15) is 42.5 Å². The highest BCUT2D eigenvalue weighted by Gasteiger charge is 2.79. The van der Waals surface area contributed by atoms with Gasteiger partial charge in [0, 0.05) is 29.3 Å². The van der Waals surface area contributed by atoms with Gasteiger partial charge in [0.2, 0.25) is 0 Å². The minimum atomic E-state index is -0.991. The molecule has 1 saturated heterocycles. The Hall–Kier alpha value is -2.08. The summed E-state index contributed by atoms with van der Waals surface area (Å²) in [6.45, 7) is 0. The van der Waals surface area contributed by atoms with E-state index in [1.165, 1.54) is 11.1 Å². The Labute approximate surface area is 155 Å². The minimum absolute atomic E-state index is 0.0811. The highest BCUT2D eigenvalue weighted by Crippen LogP contribution is 2.79. The van der Waals surface area contributed by atoms with Gasteiger partial charge in [-0.1, -0.05) is 73.0 Å². The van der Waals surface area contributed by atoms with Crippen LogP contribution in [-0.4, -0.2) is 22.7 Å². The Morgan fingerprint density at radius 3 is 2.27 bits per heavy atom. The van der Waals surface area contributed by atoms with Crippen LogP contribution in [0.2, 0.25) is 0 Å². The summed E-state index contributed by atoms with van der Waals surface area (Å²) in [5.74, 6) is 3.13. The molecule has 132 valence electrons. The number of aliphatic hydroxyl groups is 1. The second-order valence-corrected chi connectivity index (χ2v) is 8.34. The van der Waals surface area contributed by atoms with E-state index < -0.39 is 5.60 Å². The Morgan fingerprint density at radius 1 is 1.04 bits per heavy atom. The van der Waals surface area contributed by atoms with Gasteiger partial charge in [-0.3, -0.25) is 4.90 Å². The predicted octanol–water partition coefficient (Wildman–Crippen LogP) is 4.20. The van der Waals surface area contributed by atoms with Crippen molar-refractivity contribution >= 4 is 0 Å².